The second-order valence-electron chi connectivity index (χ2n) is 6.66. The van der Waals surface area contributed by atoms with Crippen molar-refractivity contribution in [2.75, 3.05) is 13.7 Å². The molecule has 3 rings (SSSR count). The molecule has 1 N–H and O–H groups in total. The predicted molar refractivity (Wildman–Crippen MR) is 85.0 cm³/mol. The summed E-state index contributed by atoms with van der Waals surface area (Å²) in [6.07, 6.45) is 5.39. The Kier molecular flexibility index (Phi) is 4.55. The van der Waals surface area contributed by atoms with E-state index in [0.29, 0.717) is 11.7 Å². The Balaban J connectivity index is 1.43. The lowest BCUT2D eigenvalue weighted by molar-refractivity contribution is -0.124. The third-order valence-corrected chi connectivity index (χ3v) is 5.25. The lowest BCUT2D eigenvalue weighted by Crippen LogP contribution is -2.42. The van der Waals surface area contributed by atoms with Crippen LogP contribution in [0.5, 0.6) is 11.5 Å². The van der Waals surface area contributed by atoms with Crippen LogP contribution in [0, 0.1) is 17.8 Å². The molecule has 4 nitrogen and oxygen atoms in total. The molecule has 4 atom stereocenters. The van der Waals surface area contributed by atoms with E-state index in [-0.39, 0.29) is 18.6 Å². The van der Waals surface area contributed by atoms with Crippen LogP contribution in [0.4, 0.5) is 0 Å². The Morgan fingerprint density at radius 2 is 1.95 bits per heavy atom. The number of nitrogens with one attached hydrogen (secondary N) is 1. The number of carbonyl (C=O) groups is 1. The van der Waals surface area contributed by atoms with Crippen LogP contribution in [0.3, 0.4) is 0 Å². The molecule has 2 fully saturated rings. The number of methoxy groups -OCH3 is 1. The zero-order chi connectivity index (χ0) is 15.5. The number of fused-ring (bicyclic) bond motifs is 2. The van der Waals surface area contributed by atoms with Crippen LogP contribution in [0.25, 0.3) is 0 Å². The molecule has 0 aliphatic heterocycles. The minimum Gasteiger partial charge on any atom is -0.497 e. The van der Waals surface area contributed by atoms with Gasteiger partial charge < -0.3 is 14.8 Å². The Morgan fingerprint density at radius 1 is 1.23 bits per heavy atom. The first kappa shape index (κ1) is 15.2. The van der Waals surface area contributed by atoms with Crippen molar-refractivity contribution in [3.05, 3.63) is 24.3 Å². The number of carbonyl (C=O) groups excluding carboxylic acids is 1. The summed E-state index contributed by atoms with van der Waals surface area (Å²) in [6.45, 7) is 2.20. The summed E-state index contributed by atoms with van der Waals surface area (Å²) >= 11 is 0. The monoisotopic (exact) mass is 303 g/mol. The highest BCUT2D eigenvalue weighted by Crippen LogP contribution is 2.49. The van der Waals surface area contributed by atoms with Crippen molar-refractivity contribution in [3.63, 3.8) is 0 Å². The van der Waals surface area contributed by atoms with Gasteiger partial charge in [0.05, 0.1) is 7.11 Å². The van der Waals surface area contributed by atoms with Gasteiger partial charge in [0.15, 0.2) is 6.61 Å². The first-order chi connectivity index (χ1) is 10.7. The maximum absolute atomic E-state index is 12.1. The fourth-order valence-electron chi connectivity index (χ4n) is 4.13. The maximum atomic E-state index is 12.1. The molecule has 2 bridgehead atoms. The van der Waals surface area contributed by atoms with E-state index in [0.717, 1.165) is 17.6 Å². The van der Waals surface area contributed by atoms with E-state index >= 15 is 0 Å². The summed E-state index contributed by atoms with van der Waals surface area (Å²) in [4.78, 5) is 12.1. The molecule has 0 heterocycles. The van der Waals surface area contributed by atoms with Crippen LogP contribution in [0.15, 0.2) is 24.3 Å². The number of rotatable bonds is 6. The van der Waals surface area contributed by atoms with Gasteiger partial charge in [-0.25, -0.2) is 0 Å². The third-order valence-electron chi connectivity index (χ3n) is 5.25. The molecule has 1 aromatic carbocycles. The van der Waals surface area contributed by atoms with Crippen molar-refractivity contribution >= 4 is 5.91 Å². The van der Waals surface area contributed by atoms with Crippen molar-refractivity contribution in [1.82, 2.24) is 5.32 Å². The normalized spacial score (nSPS) is 27.5. The minimum atomic E-state index is -0.0360. The lowest BCUT2D eigenvalue weighted by Gasteiger charge is -2.28. The van der Waals surface area contributed by atoms with E-state index in [1.54, 1.807) is 7.11 Å². The molecule has 0 saturated heterocycles. The van der Waals surface area contributed by atoms with Crippen LogP contribution in [0.1, 0.15) is 32.6 Å². The van der Waals surface area contributed by atoms with Crippen molar-refractivity contribution in [2.24, 2.45) is 17.8 Å². The van der Waals surface area contributed by atoms with Gasteiger partial charge in [0.2, 0.25) is 0 Å². The Bertz CT molecular complexity index is 514. The SMILES string of the molecule is COc1ccc(OCC(=O)N[C@H](C)[C@H]2C[C@H]3CC[C@H]2C3)cc1. The fraction of sp³-hybridized carbons (Fsp3) is 0.611. The number of amides is 1. The summed E-state index contributed by atoms with van der Waals surface area (Å²) < 4.78 is 10.6. The van der Waals surface area contributed by atoms with Crippen LogP contribution in [0.2, 0.25) is 0 Å². The summed E-state index contributed by atoms with van der Waals surface area (Å²) in [7, 11) is 1.63. The molecule has 0 radical (unpaired) electrons. The third kappa shape index (κ3) is 3.37. The van der Waals surface area contributed by atoms with Crippen LogP contribution in [-0.2, 0) is 4.79 Å². The lowest BCUT2D eigenvalue weighted by atomic mass is 9.84. The highest BCUT2D eigenvalue weighted by molar-refractivity contribution is 5.77. The highest BCUT2D eigenvalue weighted by atomic mass is 16.5. The zero-order valence-electron chi connectivity index (χ0n) is 13.4. The van der Waals surface area contributed by atoms with E-state index in [9.17, 15) is 4.79 Å². The molecule has 4 heteroatoms. The topological polar surface area (TPSA) is 47.6 Å². The number of hydrogen-bond donors (Lipinski definition) is 1. The van der Waals surface area contributed by atoms with Gasteiger partial charge in [-0.1, -0.05) is 6.42 Å². The summed E-state index contributed by atoms with van der Waals surface area (Å²) in [5, 5.41) is 3.11. The van der Waals surface area contributed by atoms with E-state index in [4.69, 9.17) is 9.47 Å². The van der Waals surface area contributed by atoms with E-state index in [1.807, 2.05) is 24.3 Å². The Morgan fingerprint density at radius 3 is 2.55 bits per heavy atom. The van der Waals surface area contributed by atoms with Gasteiger partial charge in [0, 0.05) is 6.04 Å². The zero-order valence-corrected chi connectivity index (χ0v) is 13.4. The first-order valence-corrected chi connectivity index (χ1v) is 8.22. The molecule has 1 aromatic rings. The van der Waals surface area contributed by atoms with E-state index in [2.05, 4.69) is 12.2 Å². The van der Waals surface area contributed by atoms with Gasteiger partial charge in [-0.3, -0.25) is 4.79 Å². The molecular formula is C18H25NO3. The van der Waals surface area contributed by atoms with E-state index in [1.165, 1.54) is 25.7 Å². The molecule has 120 valence electrons. The van der Waals surface area contributed by atoms with Gasteiger partial charge in [-0.15, -0.1) is 0 Å². The molecular weight excluding hydrogens is 278 g/mol. The smallest absolute Gasteiger partial charge is 0.258 e. The van der Waals surface area contributed by atoms with Gasteiger partial charge >= 0.3 is 0 Å². The molecule has 0 unspecified atom stereocenters. The van der Waals surface area contributed by atoms with Crippen molar-refractivity contribution < 1.29 is 14.3 Å². The van der Waals surface area contributed by atoms with Crippen molar-refractivity contribution in [3.8, 4) is 11.5 Å². The number of ether oxygens (including phenoxy) is 2. The quantitative estimate of drug-likeness (QED) is 0.879. The maximum Gasteiger partial charge on any atom is 0.258 e. The van der Waals surface area contributed by atoms with Gasteiger partial charge in [-0.2, -0.15) is 0 Å². The standard InChI is InChI=1S/C18H25NO3/c1-12(17-10-13-3-4-14(17)9-13)19-18(20)11-22-16-7-5-15(21-2)6-8-16/h5-8,12-14,17H,3-4,9-11H2,1-2H3,(H,19,20)/t12-,13+,14+,17-/m1/s1. The molecule has 22 heavy (non-hydrogen) atoms. The molecule has 0 aromatic heterocycles. The summed E-state index contributed by atoms with van der Waals surface area (Å²) in [5.74, 6) is 3.81. The second kappa shape index (κ2) is 6.59. The van der Waals surface area contributed by atoms with Crippen molar-refractivity contribution in [2.45, 2.75) is 38.6 Å². The number of benzene rings is 1. The molecule has 0 spiro atoms. The van der Waals surface area contributed by atoms with Gasteiger partial charge in [-0.05, 0) is 68.2 Å². The Hall–Kier alpha value is -1.71. The summed E-state index contributed by atoms with van der Waals surface area (Å²) in [5.41, 5.74) is 0. The highest BCUT2D eigenvalue weighted by Gasteiger charge is 2.42. The van der Waals surface area contributed by atoms with Crippen molar-refractivity contribution in [1.29, 1.82) is 0 Å². The molecule has 2 aliphatic carbocycles. The summed E-state index contributed by atoms with van der Waals surface area (Å²) in [6, 6.07) is 7.52. The van der Waals surface area contributed by atoms with E-state index < -0.39 is 0 Å². The fourth-order valence-corrected chi connectivity index (χ4v) is 4.13. The first-order valence-electron chi connectivity index (χ1n) is 8.22. The molecule has 1 amide bonds. The molecule has 2 aliphatic rings. The minimum absolute atomic E-state index is 0.0360. The molecule has 2 saturated carbocycles. The largest absolute Gasteiger partial charge is 0.497 e. The van der Waals surface area contributed by atoms with Crippen LogP contribution >= 0.6 is 0 Å². The van der Waals surface area contributed by atoms with Crippen LogP contribution < -0.4 is 14.8 Å². The average Bonchev–Trinajstić information content (AvgIpc) is 3.16. The van der Waals surface area contributed by atoms with Gasteiger partial charge in [0.25, 0.3) is 5.91 Å². The predicted octanol–water partition coefficient (Wildman–Crippen LogP) is 3.01. The Labute approximate surface area is 132 Å². The second-order valence-corrected chi connectivity index (χ2v) is 6.66. The van der Waals surface area contributed by atoms with Crippen LogP contribution in [-0.4, -0.2) is 25.7 Å². The average molecular weight is 303 g/mol. The number of hydrogen-bond acceptors (Lipinski definition) is 3. The van der Waals surface area contributed by atoms with Gasteiger partial charge in [0.1, 0.15) is 11.5 Å².